The van der Waals surface area contributed by atoms with Gasteiger partial charge in [-0.25, -0.2) is 4.98 Å². The Labute approximate surface area is 162 Å². The zero-order chi connectivity index (χ0) is 18.9. The minimum Gasteiger partial charge on any atom is -0.375 e. The lowest BCUT2D eigenvalue weighted by Gasteiger charge is -2.50. The molecule has 1 spiro atoms. The Morgan fingerprint density at radius 1 is 1.33 bits per heavy atom. The Balaban J connectivity index is 1.57. The summed E-state index contributed by atoms with van der Waals surface area (Å²) in [5.74, 6) is 0.0424. The molecule has 0 aromatic carbocycles. The summed E-state index contributed by atoms with van der Waals surface area (Å²) in [7, 11) is 1.57. The number of imidazole rings is 1. The number of ether oxygens (including phenoxy) is 1. The second-order valence-corrected chi connectivity index (χ2v) is 8.25. The lowest BCUT2D eigenvalue weighted by atomic mass is 9.78. The van der Waals surface area contributed by atoms with Gasteiger partial charge in [-0.05, 0) is 19.3 Å². The zero-order valence-corrected chi connectivity index (χ0v) is 16.7. The Bertz CT molecular complexity index is 795. The average molecular weight is 391 g/mol. The number of carbonyl (C=O) groups is 1. The van der Waals surface area contributed by atoms with Crippen molar-refractivity contribution in [2.45, 2.75) is 44.6 Å². The third-order valence-corrected chi connectivity index (χ3v) is 6.66. The van der Waals surface area contributed by atoms with Crippen LogP contribution in [0.5, 0.6) is 0 Å². The molecule has 146 valence electrons. The predicted octanol–water partition coefficient (Wildman–Crippen LogP) is 1.74. The predicted molar refractivity (Wildman–Crippen MR) is 103 cm³/mol. The summed E-state index contributed by atoms with van der Waals surface area (Å²) < 4.78 is 5.13. The Hall–Kier alpha value is -2.00. The molecule has 2 aliphatic rings. The van der Waals surface area contributed by atoms with E-state index in [9.17, 15) is 4.79 Å². The molecule has 0 aliphatic carbocycles. The molecule has 2 aromatic rings. The van der Waals surface area contributed by atoms with Gasteiger partial charge in [0.2, 0.25) is 11.0 Å². The van der Waals surface area contributed by atoms with Crippen molar-refractivity contribution in [1.82, 2.24) is 25.1 Å². The number of hydrogen-bond donors (Lipinski definition) is 1. The van der Waals surface area contributed by atoms with Gasteiger partial charge < -0.3 is 19.5 Å². The maximum atomic E-state index is 12.8. The van der Waals surface area contributed by atoms with E-state index < -0.39 is 0 Å². The highest BCUT2D eigenvalue weighted by atomic mass is 32.1. The Morgan fingerprint density at radius 3 is 2.89 bits per heavy atom. The number of H-pyrrole nitrogens is 1. The van der Waals surface area contributed by atoms with Gasteiger partial charge in [0.05, 0.1) is 17.6 Å². The number of aromatic amines is 1. The number of methoxy groups -OCH3 is 1. The molecule has 27 heavy (non-hydrogen) atoms. The second kappa shape index (κ2) is 7.55. The molecule has 9 heteroatoms. The summed E-state index contributed by atoms with van der Waals surface area (Å²) in [6, 6.07) is 0. The quantitative estimate of drug-likeness (QED) is 0.837. The molecule has 0 atom stereocenters. The molecule has 0 bridgehead atoms. The molecule has 2 aromatic heterocycles. The number of piperidine rings is 1. The number of amides is 1. The summed E-state index contributed by atoms with van der Waals surface area (Å²) in [4.78, 5) is 24.9. The molecule has 2 aliphatic heterocycles. The minimum atomic E-state index is -0.351. The number of rotatable bonds is 5. The molecule has 1 amide bonds. The number of aromatic nitrogens is 4. The van der Waals surface area contributed by atoms with E-state index in [1.807, 2.05) is 4.90 Å². The summed E-state index contributed by atoms with van der Waals surface area (Å²) >= 11 is 1.68. The molecular formula is C18H26N6O2S. The third kappa shape index (κ3) is 3.23. The van der Waals surface area contributed by atoms with Crippen molar-refractivity contribution in [3.63, 3.8) is 0 Å². The van der Waals surface area contributed by atoms with Crippen LogP contribution in [-0.4, -0.2) is 64.3 Å². The van der Waals surface area contributed by atoms with Crippen LogP contribution in [0.15, 0.2) is 6.33 Å². The van der Waals surface area contributed by atoms with Gasteiger partial charge >= 0.3 is 0 Å². The van der Waals surface area contributed by atoms with Gasteiger partial charge in [0.15, 0.2) is 0 Å². The van der Waals surface area contributed by atoms with E-state index in [-0.39, 0.29) is 18.1 Å². The molecule has 4 rings (SSSR count). The van der Waals surface area contributed by atoms with Crippen LogP contribution in [0.4, 0.5) is 5.13 Å². The second-order valence-electron chi connectivity index (χ2n) is 7.21. The van der Waals surface area contributed by atoms with E-state index in [0.29, 0.717) is 6.54 Å². The Kier molecular flexibility index (Phi) is 5.14. The largest absolute Gasteiger partial charge is 0.375 e. The molecule has 0 radical (unpaired) electrons. The number of aryl methyl sites for hydroxylation is 1. The molecule has 0 unspecified atom stereocenters. The van der Waals surface area contributed by atoms with Gasteiger partial charge in [-0.15, -0.1) is 10.2 Å². The Morgan fingerprint density at radius 2 is 2.15 bits per heavy atom. The van der Waals surface area contributed by atoms with E-state index in [1.54, 1.807) is 24.8 Å². The fourth-order valence-electron chi connectivity index (χ4n) is 4.30. The highest BCUT2D eigenvalue weighted by molar-refractivity contribution is 7.15. The van der Waals surface area contributed by atoms with Crippen molar-refractivity contribution in [3.05, 3.63) is 22.7 Å². The van der Waals surface area contributed by atoms with E-state index in [0.717, 1.165) is 66.7 Å². The fourth-order valence-corrected chi connectivity index (χ4v) is 5.30. The van der Waals surface area contributed by atoms with E-state index in [4.69, 9.17) is 4.74 Å². The number of nitrogens with one attached hydrogen (secondary N) is 1. The smallest absolute Gasteiger partial charge is 0.249 e. The van der Waals surface area contributed by atoms with Gasteiger partial charge in [-0.2, -0.15) is 0 Å². The highest BCUT2D eigenvalue weighted by Gasteiger charge is 2.48. The van der Waals surface area contributed by atoms with Crippen LogP contribution in [0.2, 0.25) is 0 Å². The van der Waals surface area contributed by atoms with Gasteiger partial charge in [0.25, 0.3) is 0 Å². The van der Waals surface area contributed by atoms with Crippen LogP contribution >= 0.6 is 11.3 Å². The third-order valence-electron chi connectivity index (χ3n) is 5.61. The molecular weight excluding hydrogens is 364 g/mol. The molecule has 1 saturated heterocycles. The average Bonchev–Trinajstić information content (AvgIpc) is 3.33. The normalized spacial score (nSPS) is 18.7. The van der Waals surface area contributed by atoms with Crippen molar-refractivity contribution in [2.75, 3.05) is 38.3 Å². The molecule has 1 N–H and O–H groups in total. The number of carbonyl (C=O) groups excluding carboxylic acids is 1. The van der Waals surface area contributed by atoms with Crippen LogP contribution in [0, 0.1) is 0 Å². The van der Waals surface area contributed by atoms with Crippen LogP contribution in [0.1, 0.15) is 42.6 Å². The maximum Gasteiger partial charge on any atom is 0.249 e. The van der Waals surface area contributed by atoms with Gasteiger partial charge in [-0.3, -0.25) is 4.79 Å². The van der Waals surface area contributed by atoms with Crippen molar-refractivity contribution < 1.29 is 9.53 Å². The van der Waals surface area contributed by atoms with Crippen LogP contribution in [0.3, 0.4) is 0 Å². The maximum absolute atomic E-state index is 12.8. The minimum absolute atomic E-state index is 0.0424. The van der Waals surface area contributed by atoms with Crippen LogP contribution in [-0.2, 0) is 27.9 Å². The number of hydrogen-bond acceptors (Lipinski definition) is 7. The topological polar surface area (TPSA) is 87.2 Å². The van der Waals surface area contributed by atoms with Crippen LogP contribution < -0.4 is 4.90 Å². The number of nitrogens with zero attached hydrogens (tertiary/aromatic N) is 5. The van der Waals surface area contributed by atoms with E-state index in [2.05, 4.69) is 32.0 Å². The standard InChI is InChI=1S/C18H26N6O2S/c1-3-4-14-21-22-17(27-14)23-9-6-18(7-10-23)16-13(19-12-20-16)5-8-24(18)15(25)11-26-2/h12H,3-11H2,1-2H3,(H,19,20). The van der Waals surface area contributed by atoms with E-state index in [1.165, 1.54) is 0 Å². The summed E-state index contributed by atoms with van der Waals surface area (Å²) in [6.45, 7) is 4.65. The monoisotopic (exact) mass is 390 g/mol. The van der Waals surface area contributed by atoms with Crippen molar-refractivity contribution >= 4 is 22.4 Å². The zero-order valence-electron chi connectivity index (χ0n) is 15.9. The lowest BCUT2D eigenvalue weighted by Crippen LogP contribution is -2.59. The summed E-state index contributed by atoms with van der Waals surface area (Å²) in [5, 5.41) is 10.8. The van der Waals surface area contributed by atoms with Crippen molar-refractivity contribution in [3.8, 4) is 0 Å². The lowest BCUT2D eigenvalue weighted by molar-refractivity contribution is -0.144. The van der Waals surface area contributed by atoms with Crippen molar-refractivity contribution in [1.29, 1.82) is 0 Å². The first kappa shape index (κ1) is 18.4. The van der Waals surface area contributed by atoms with Crippen molar-refractivity contribution in [2.24, 2.45) is 0 Å². The highest BCUT2D eigenvalue weighted by Crippen LogP contribution is 2.43. The number of fused-ring (bicyclic) bond motifs is 2. The van der Waals surface area contributed by atoms with Gasteiger partial charge in [0.1, 0.15) is 11.6 Å². The number of anilines is 1. The van der Waals surface area contributed by atoms with Gasteiger partial charge in [-0.1, -0.05) is 18.3 Å². The first-order valence-electron chi connectivity index (χ1n) is 9.57. The fraction of sp³-hybridized carbons (Fsp3) is 0.667. The summed E-state index contributed by atoms with van der Waals surface area (Å²) in [6.07, 6.45) is 6.30. The molecule has 1 fully saturated rings. The van der Waals surface area contributed by atoms with Crippen LogP contribution in [0.25, 0.3) is 0 Å². The SMILES string of the molecule is CCCc1nnc(N2CCC3(CC2)c2nc[nH]c2CCN3C(=O)COC)s1. The summed E-state index contributed by atoms with van der Waals surface area (Å²) in [5.41, 5.74) is 1.84. The molecule has 4 heterocycles. The van der Waals surface area contributed by atoms with E-state index >= 15 is 0 Å². The molecule has 0 saturated carbocycles. The first-order valence-corrected chi connectivity index (χ1v) is 10.4. The van der Waals surface area contributed by atoms with Gasteiger partial charge in [0, 0.05) is 45.3 Å². The molecule has 8 nitrogen and oxygen atoms in total. The first-order chi connectivity index (χ1) is 13.2.